The zero-order chi connectivity index (χ0) is 12.3. The summed E-state index contributed by atoms with van der Waals surface area (Å²) in [5.41, 5.74) is -0.252. The second-order valence-electron chi connectivity index (χ2n) is 2.95. The van der Waals surface area contributed by atoms with Gasteiger partial charge < -0.3 is 4.74 Å². The van der Waals surface area contributed by atoms with Crippen molar-refractivity contribution in [3.63, 3.8) is 0 Å². The molecule has 0 saturated heterocycles. The molecule has 0 fully saturated rings. The van der Waals surface area contributed by atoms with Crippen LogP contribution in [0.3, 0.4) is 0 Å². The van der Waals surface area contributed by atoms with E-state index in [4.69, 9.17) is 4.74 Å². The Morgan fingerprint density at radius 2 is 2.11 bits per heavy atom. The van der Waals surface area contributed by atoms with Gasteiger partial charge in [-0.2, -0.15) is 0 Å². The van der Waals surface area contributed by atoms with Gasteiger partial charge in [-0.25, -0.2) is 9.78 Å². The Hall–Kier alpha value is -1.28. The molecule has 1 heterocycles. The quantitative estimate of drug-likeness (QED) is 0.279. The third-order valence-electron chi connectivity index (χ3n) is 1.87. The van der Waals surface area contributed by atoms with Crippen molar-refractivity contribution in [3.8, 4) is 5.75 Å². The van der Waals surface area contributed by atoms with Gasteiger partial charge in [0, 0.05) is 17.6 Å². The molecule has 1 aromatic heterocycles. The number of esters is 1. The van der Waals surface area contributed by atoms with E-state index in [1.165, 1.54) is 24.4 Å². The van der Waals surface area contributed by atoms with E-state index in [-0.39, 0.29) is 46.0 Å². The predicted octanol–water partition coefficient (Wildman–Crippen LogP) is 1.62. The number of rotatable bonds is 3. The molecule has 0 saturated carbocycles. The standard InChI is InChI=1S/C10H6N2O4S.Na.H/c13-10(9-11-5-6-17-9)16-8-4-2-1-3-7(8)12(14)15;;/h1-6H;;. The molecule has 0 radical (unpaired) electrons. The molecule has 0 spiro atoms. The average molecular weight is 274 g/mol. The Bertz CT molecular complexity index is 559. The molecule has 18 heavy (non-hydrogen) atoms. The second kappa shape index (κ2) is 6.60. The first-order valence-electron chi connectivity index (χ1n) is 4.53. The van der Waals surface area contributed by atoms with E-state index in [2.05, 4.69) is 4.98 Å². The summed E-state index contributed by atoms with van der Waals surface area (Å²) < 4.78 is 4.92. The van der Waals surface area contributed by atoms with E-state index in [1.54, 1.807) is 11.4 Å². The number of nitrogens with zero attached hydrogens (tertiary/aromatic N) is 2. The van der Waals surface area contributed by atoms with Crippen LogP contribution < -0.4 is 4.74 Å². The second-order valence-corrected chi connectivity index (χ2v) is 3.85. The van der Waals surface area contributed by atoms with E-state index >= 15 is 0 Å². The zero-order valence-electron chi connectivity index (χ0n) is 8.40. The van der Waals surface area contributed by atoms with E-state index in [0.29, 0.717) is 0 Å². The van der Waals surface area contributed by atoms with Crippen molar-refractivity contribution in [1.82, 2.24) is 4.98 Å². The maximum atomic E-state index is 11.6. The van der Waals surface area contributed by atoms with Crippen LogP contribution in [-0.2, 0) is 0 Å². The number of thiazole rings is 1. The molecule has 0 aliphatic heterocycles. The molecule has 1 aromatic carbocycles. The Kier molecular flexibility index (Phi) is 5.42. The maximum absolute atomic E-state index is 11.6. The molecule has 0 bridgehead atoms. The predicted molar refractivity (Wildman–Crippen MR) is 67.3 cm³/mol. The topological polar surface area (TPSA) is 82.3 Å². The number of benzene rings is 1. The first-order valence-corrected chi connectivity index (χ1v) is 5.41. The molecule has 2 rings (SSSR count). The fourth-order valence-electron chi connectivity index (χ4n) is 1.16. The fourth-order valence-corrected chi connectivity index (χ4v) is 1.67. The van der Waals surface area contributed by atoms with Crippen molar-refractivity contribution < 1.29 is 14.5 Å². The number of aromatic nitrogens is 1. The minimum absolute atomic E-state index is 0. The van der Waals surface area contributed by atoms with Crippen LogP contribution in [0.25, 0.3) is 0 Å². The van der Waals surface area contributed by atoms with E-state index in [1.807, 2.05) is 0 Å². The van der Waals surface area contributed by atoms with Crippen molar-refractivity contribution in [2.24, 2.45) is 0 Å². The number of carbonyl (C=O) groups excluding carboxylic acids is 1. The molecular weight excluding hydrogens is 267 g/mol. The third kappa shape index (κ3) is 3.36. The van der Waals surface area contributed by atoms with Crippen molar-refractivity contribution in [2.75, 3.05) is 0 Å². The summed E-state index contributed by atoms with van der Waals surface area (Å²) in [5, 5.41) is 12.5. The summed E-state index contributed by atoms with van der Waals surface area (Å²) in [6, 6.07) is 5.68. The number of para-hydroxylation sites is 2. The Balaban J connectivity index is 0.00000162. The fraction of sp³-hybridized carbons (Fsp3) is 0. The summed E-state index contributed by atoms with van der Waals surface area (Å²) in [7, 11) is 0. The minimum atomic E-state index is -0.700. The summed E-state index contributed by atoms with van der Waals surface area (Å²) in [6.07, 6.45) is 1.46. The number of ether oxygens (including phenoxy) is 1. The van der Waals surface area contributed by atoms with Gasteiger partial charge in [0.1, 0.15) is 0 Å². The molecule has 0 aliphatic rings. The number of hydrogen-bond acceptors (Lipinski definition) is 6. The molecule has 0 aliphatic carbocycles. The number of hydrogen-bond donors (Lipinski definition) is 0. The van der Waals surface area contributed by atoms with Crippen LogP contribution in [0, 0.1) is 10.1 Å². The van der Waals surface area contributed by atoms with Crippen LogP contribution >= 0.6 is 11.3 Å². The van der Waals surface area contributed by atoms with E-state index in [9.17, 15) is 14.9 Å². The molecule has 0 unspecified atom stereocenters. The number of nitro groups is 1. The van der Waals surface area contributed by atoms with Crippen LogP contribution in [0.15, 0.2) is 35.8 Å². The van der Waals surface area contributed by atoms with Crippen LogP contribution in [0.5, 0.6) is 5.75 Å². The van der Waals surface area contributed by atoms with E-state index in [0.717, 1.165) is 11.3 Å². The Labute approximate surface area is 128 Å². The van der Waals surface area contributed by atoms with Crippen molar-refractivity contribution in [3.05, 3.63) is 51.0 Å². The Morgan fingerprint density at radius 3 is 2.72 bits per heavy atom. The first kappa shape index (κ1) is 14.8. The van der Waals surface area contributed by atoms with Gasteiger partial charge in [0.25, 0.3) is 0 Å². The van der Waals surface area contributed by atoms with Crippen LogP contribution in [0.1, 0.15) is 9.80 Å². The van der Waals surface area contributed by atoms with Crippen molar-refractivity contribution >= 4 is 52.6 Å². The van der Waals surface area contributed by atoms with Crippen LogP contribution in [0.4, 0.5) is 5.69 Å². The average Bonchev–Trinajstić information content (AvgIpc) is 2.83. The summed E-state index contributed by atoms with van der Waals surface area (Å²) in [4.78, 5) is 25.4. The normalized spacial score (nSPS) is 9.33. The van der Waals surface area contributed by atoms with Gasteiger partial charge in [-0.1, -0.05) is 12.1 Å². The molecular formula is C10H7N2NaO4S. The molecule has 0 atom stereocenters. The van der Waals surface area contributed by atoms with Gasteiger partial charge in [-0.05, 0) is 6.07 Å². The van der Waals surface area contributed by atoms with Crippen LogP contribution in [-0.4, -0.2) is 45.4 Å². The Morgan fingerprint density at radius 1 is 1.39 bits per heavy atom. The summed E-state index contributed by atoms with van der Waals surface area (Å²) >= 11 is 1.11. The van der Waals surface area contributed by atoms with Gasteiger partial charge in [0.05, 0.1) is 4.92 Å². The molecule has 0 N–H and O–H groups in total. The van der Waals surface area contributed by atoms with Gasteiger partial charge >= 0.3 is 41.2 Å². The summed E-state index contributed by atoms with van der Waals surface area (Å²) in [6.45, 7) is 0. The molecule has 8 heteroatoms. The summed E-state index contributed by atoms with van der Waals surface area (Å²) in [5.74, 6) is -0.785. The van der Waals surface area contributed by atoms with Gasteiger partial charge in [-0.3, -0.25) is 10.1 Å². The molecule has 2 aromatic rings. The SMILES string of the molecule is O=C(Oc1ccccc1[N+](=O)[O-])c1nccs1.[NaH]. The van der Waals surface area contributed by atoms with E-state index < -0.39 is 10.9 Å². The third-order valence-corrected chi connectivity index (χ3v) is 2.62. The van der Waals surface area contributed by atoms with Gasteiger partial charge in [0.2, 0.25) is 10.8 Å². The first-order chi connectivity index (χ1) is 8.18. The monoisotopic (exact) mass is 274 g/mol. The van der Waals surface area contributed by atoms with Gasteiger partial charge in [0.15, 0.2) is 0 Å². The van der Waals surface area contributed by atoms with Crippen LogP contribution in [0.2, 0.25) is 0 Å². The zero-order valence-corrected chi connectivity index (χ0v) is 9.22. The van der Waals surface area contributed by atoms with Crippen molar-refractivity contribution in [2.45, 2.75) is 0 Å². The number of carbonyl (C=O) groups is 1. The van der Waals surface area contributed by atoms with Crippen molar-refractivity contribution in [1.29, 1.82) is 0 Å². The van der Waals surface area contributed by atoms with Gasteiger partial charge in [-0.15, -0.1) is 11.3 Å². The number of nitro benzene ring substituents is 1. The molecule has 6 nitrogen and oxygen atoms in total. The molecule has 88 valence electrons. The molecule has 0 amide bonds.